The largest absolute Gasteiger partial charge is 0.503 e. The predicted octanol–water partition coefficient (Wildman–Crippen LogP) is 5.30. The number of halogens is 1. The second kappa shape index (κ2) is 9.73. The van der Waals surface area contributed by atoms with Crippen LogP contribution in [-0.4, -0.2) is 39.3 Å². The monoisotopic (exact) mass is 529 g/mol. The van der Waals surface area contributed by atoms with E-state index in [1.165, 1.54) is 22.3 Å². The first-order chi connectivity index (χ1) is 16.6. The van der Waals surface area contributed by atoms with Gasteiger partial charge in [-0.1, -0.05) is 47.7 Å². The van der Waals surface area contributed by atoms with E-state index in [0.29, 0.717) is 31.9 Å². The second-order valence-electron chi connectivity index (χ2n) is 7.67. The number of ether oxygens (including phenoxy) is 1. The minimum absolute atomic E-state index is 0.0240. The number of nitrogens with zero attached hydrogens (tertiary/aromatic N) is 3. The standard InChI is InChI=1S/C24H20ClN3O5S2/c1-5-10-33-23(32)21-12(3)27-24(35-21)28-17(14-6-8-15(25)9-7-14)16(19(30)22(28)31)18(29)20-11(2)26-13(4)34-20/h5-9,17,30H,1,10H2,2-4H3. The van der Waals surface area contributed by atoms with Crippen molar-refractivity contribution >= 4 is 57.1 Å². The van der Waals surface area contributed by atoms with Crippen LogP contribution in [0.5, 0.6) is 0 Å². The number of aliphatic hydroxyl groups excluding tert-OH is 1. The highest BCUT2D eigenvalue weighted by molar-refractivity contribution is 7.17. The first-order valence-electron chi connectivity index (χ1n) is 10.4. The Morgan fingerprint density at radius 3 is 2.40 bits per heavy atom. The fourth-order valence-corrected chi connectivity index (χ4v) is 5.72. The van der Waals surface area contributed by atoms with Gasteiger partial charge in [0.15, 0.2) is 10.9 Å². The third kappa shape index (κ3) is 4.52. The molecule has 1 amide bonds. The van der Waals surface area contributed by atoms with Crippen molar-refractivity contribution in [1.82, 2.24) is 9.97 Å². The smallest absolute Gasteiger partial charge is 0.350 e. The Bertz CT molecular complexity index is 1390. The van der Waals surface area contributed by atoms with E-state index in [1.807, 2.05) is 0 Å². The average Bonchev–Trinajstić information content (AvgIpc) is 3.45. The summed E-state index contributed by atoms with van der Waals surface area (Å²) in [7, 11) is 0. The first kappa shape index (κ1) is 24.8. The molecule has 2 aromatic heterocycles. The Hall–Kier alpha value is -3.34. The predicted molar refractivity (Wildman–Crippen MR) is 135 cm³/mol. The lowest BCUT2D eigenvalue weighted by Crippen LogP contribution is -2.31. The molecule has 0 spiro atoms. The summed E-state index contributed by atoms with van der Waals surface area (Å²) in [6, 6.07) is 5.61. The molecule has 11 heteroatoms. The Morgan fingerprint density at radius 2 is 1.80 bits per heavy atom. The van der Waals surface area contributed by atoms with Crippen molar-refractivity contribution in [2.24, 2.45) is 0 Å². The van der Waals surface area contributed by atoms with Gasteiger partial charge in [0.2, 0.25) is 5.78 Å². The average molecular weight is 530 g/mol. The number of aromatic nitrogens is 2. The number of rotatable bonds is 7. The van der Waals surface area contributed by atoms with E-state index < -0.39 is 29.5 Å². The maximum Gasteiger partial charge on any atom is 0.350 e. The number of amides is 1. The lowest BCUT2D eigenvalue weighted by atomic mass is 9.95. The summed E-state index contributed by atoms with van der Waals surface area (Å²) in [5.74, 6) is -2.58. The van der Waals surface area contributed by atoms with Gasteiger partial charge in [0.1, 0.15) is 11.5 Å². The van der Waals surface area contributed by atoms with Crippen LogP contribution in [0, 0.1) is 20.8 Å². The zero-order valence-corrected chi connectivity index (χ0v) is 21.4. The number of thiazole rings is 2. The van der Waals surface area contributed by atoms with Gasteiger partial charge in [-0.2, -0.15) is 0 Å². The summed E-state index contributed by atoms with van der Waals surface area (Å²) < 4.78 is 5.12. The van der Waals surface area contributed by atoms with Crippen molar-refractivity contribution in [2.75, 3.05) is 11.5 Å². The number of benzene rings is 1. The van der Waals surface area contributed by atoms with Gasteiger partial charge in [0, 0.05) is 5.02 Å². The van der Waals surface area contributed by atoms with Crippen molar-refractivity contribution in [3.63, 3.8) is 0 Å². The number of hydrogen-bond donors (Lipinski definition) is 1. The molecule has 0 radical (unpaired) electrons. The number of carbonyl (C=O) groups excluding carboxylic acids is 3. The molecule has 8 nitrogen and oxygen atoms in total. The number of carbonyl (C=O) groups is 3. The third-order valence-corrected chi connectivity index (χ3v) is 7.72. The zero-order chi connectivity index (χ0) is 25.4. The maximum atomic E-state index is 13.6. The molecule has 1 aromatic carbocycles. The summed E-state index contributed by atoms with van der Waals surface area (Å²) in [4.78, 5) is 49.8. The van der Waals surface area contributed by atoms with Crippen LogP contribution in [0.25, 0.3) is 0 Å². The molecular formula is C24H20ClN3O5S2. The molecule has 0 saturated heterocycles. The van der Waals surface area contributed by atoms with Gasteiger partial charge in [-0.05, 0) is 38.5 Å². The molecule has 1 unspecified atom stereocenters. The minimum Gasteiger partial charge on any atom is -0.503 e. The van der Waals surface area contributed by atoms with E-state index in [0.717, 1.165) is 11.3 Å². The molecule has 1 N–H and O–H groups in total. The van der Waals surface area contributed by atoms with Gasteiger partial charge in [0.25, 0.3) is 5.91 Å². The number of esters is 1. The molecule has 0 fully saturated rings. The van der Waals surface area contributed by atoms with Gasteiger partial charge in [-0.15, -0.1) is 11.3 Å². The molecule has 0 aliphatic carbocycles. The molecule has 1 atom stereocenters. The van der Waals surface area contributed by atoms with E-state index in [2.05, 4.69) is 16.5 Å². The van der Waals surface area contributed by atoms with Crippen LogP contribution >= 0.6 is 34.3 Å². The molecule has 0 saturated carbocycles. The minimum atomic E-state index is -0.989. The Kier molecular flexibility index (Phi) is 6.88. The van der Waals surface area contributed by atoms with Gasteiger partial charge >= 0.3 is 5.97 Å². The number of aryl methyl sites for hydroxylation is 3. The summed E-state index contributed by atoms with van der Waals surface area (Å²) in [5.41, 5.74) is 1.32. The van der Waals surface area contributed by atoms with E-state index in [9.17, 15) is 19.5 Å². The Morgan fingerprint density at radius 1 is 1.14 bits per heavy atom. The fourth-order valence-electron chi connectivity index (χ4n) is 3.73. The van der Waals surface area contributed by atoms with E-state index in [4.69, 9.17) is 16.3 Å². The molecule has 3 heterocycles. The number of ketones is 1. The van der Waals surface area contributed by atoms with Crippen molar-refractivity contribution < 1.29 is 24.2 Å². The van der Waals surface area contributed by atoms with Crippen LogP contribution in [0.3, 0.4) is 0 Å². The summed E-state index contributed by atoms with van der Waals surface area (Å²) in [6.45, 7) is 8.64. The highest BCUT2D eigenvalue weighted by Crippen LogP contribution is 2.44. The molecule has 180 valence electrons. The quantitative estimate of drug-likeness (QED) is 0.251. The fraction of sp³-hybridized carbons (Fsp3) is 0.208. The van der Waals surface area contributed by atoms with Crippen LogP contribution in [0.1, 0.15) is 47.3 Å². The Balaban J connectivity index is 1.84. The van der Waals surface area contributed by atoms with Crippen molar-refractivity contribution in [3.8, 4) is 0 Å². The van der Waals surface area contributed by atoms with Gasteiger partial charge < -0.3 is 9.84 Å². The van der Waals surface area contributed by atoms with E-state index in [-0.39, 0.29) is 22.2 Å². The first-order valence-corrected chi connectivity index (χ1v) is 12.4. The van der Waals surface area contributed by atoms with Crippen molar-refractivity contribution in [1.29, 1.82) is 0 Å². The van der Waals surface area contributed by atoms with Crippen molar-refractivity contribution in [3.05, 3.63) is 85.0 Å². The highest BCUT2D eigenvalue weighted by Gasteiger charge is 2.46. The van der Waals surface area contributed by atoms with Crippen LogP contribution < -0.4 is 4.90 Å². The second-order valence-corrected chi connectivity index (χ2v) is 10.3. The third-order valence-electron chi connectivity index (χ3n) is 5.26. The molecule has 0 bridgehead atoms. The molecular weight excluding hydrogens is 510 g/mol. The lowest BCUT2D eigenvalue weighted by molar-refractivity contribution is -0.117. The Labute approximate surface area is 214 Å². The number of Topliss-reactive ketones (excluding diaryl/α,β-unsaturated/α-hetero) is 1. The number of aliphatic hydroxyl groups is 1. The molecule has 4 rings (SSSR count). The van der Waals surface area contributed by atoms with E-state index in [1.54, 1.807) is 45.0 Å². The number of hydrogen-bond acceptors (Lipinski definition) is 9. The van der Waals surface area contributed by atoms with Crippen LogP contribution in [0.2, 0.25) is 5.02 Å². The van der Waals surface area contributed by atoms with E-state index >= 15 is 0 Å². The van der Waals surface area contributed by atoms with Crippen LogP contribution in [0.4, 0.5) is 5.13 Å². The summed E-state index contributed by atoms with van der Waals surface area (Å²) in [6.07, 6.45) is 1.44. The molecule has 1 aliphatic heterocycles. The van der Waals surface area contributed by atoms with Gasteiger partial charge in [0.05, 0.1) is 32.9 Å². The van der Waals surface area contributed by atoms with Crippen LogP contribution in [0.15, 0.2) is 48.3 Å². The lowest BCUT2D eigenvalue weighted by Gasteiger charge is -2.24. The highest BCUT2D eigenvalue weighted by atomic mass is 35.5. The molecule has 1 aliphatic rings. The molecule has 35 heavy (non-hydrogen) atoms. The normalized spacial score (nSPS) is 15.6. The number of anilines is 1. The summed E-state index contributed by atoms with van der Waals surface area (Å²) in [5, 5.41) is 12.2. The zero-order valence-electron chi connectivity index (χ0n) is 19.0. The maximum absolute atomic E-state index is 13.6. The van der Waals surface area contributed by atoms with Gasteiger partial charge in [-0.3, -0.25) is 14.5 Å². The van der Waals surface area contributed by atoms with Crippen LogP contribution in [-0.2, 0) is 9.53 Å². The van der Waals surface area contributed by atoms with Crippen molar-refractivity contribution in [2.45, 2.75) is 26.8 Å². The molecule has 3 aromatic rings. The SMILES string of the molecule is C=CCOC(=O)c1sc(N2C(=O)C(O)=C(C(=O)c3sc(C)nc3C)C2c2ccc(Cl)cc2)nc1C. The van der Waals surface area contributed by atoms with Gasteiger partial charge in [-0.25, -0.2) is 14.8 Å². The summed E-state index contributed by atoms with van der Waals surface area (Å²) >= 11 is 8.19. The topological polar surface area (TPSA) is 110 Å².